The predicted octanol–water partition coefficient (Wildman–Crippen LogP) is 8.77. The number of methoxy groups -OCH3 is 3. The van der Waals surface area contributed by atoms with Crippen LogP contribution in [0.3, 0.4) is 0 Å². The normalized spacial score (nSPS) is 21.5. The smallest absolute Gasteiger partial charge is 0.417 e. The van der Waals surface area contributed by atoms with Crippen LogP contribution in [0.4, 0.5) is 16.2 Å². The number of anilines is 1. The number of rotatable bonds is 23. The predicted molar refractivity (Wildman–Crippen MR) is 262 cm³/mol. The third-order valence-electron chi connectivity index (χ3n) is 13.4. The fourth-order valence-corrected chi connectivity index (χ4v) is 10.1. The van der Waals surface area contributed by atoms with Crippen molar-refractivity contribution in [3.8, 4) is 28.7 Å². The summed E-state index contributed by atoms with van der Waals surface area (Å²) in [5, 5.41) is 39.0. The van der Waals surface area contributed by atoms with Gasteiger partial charge in [-0.2, -0.15) is 0 Å². The average Bonchev–Trinajstić information content (AvgIpc) is 3.37. The summed E-state index contributed by atoms with van der Waals surface area (Å²) in [5.41, 5.74) is 3.85. The number of nitro groups is 1. The number of fused-ring (bicyclic) bond motifs is 2. The number of ether oxygens (including phenoxy) is 6. The summed E-state index contributed by atoms with van der Waals surface area (Å²) in [4.78, 5) is 47.0. The number of nitrogens with one attached hydrogen (secondary N) is 1. The number of allylic oxidation sites excluding steroid dienone is 1. The summed E-state index contributed by atoms with van der Waals surface area (Å²) in [5.74, 6) is -0.680. The van der Waals surface area contributed by atoms with E-state index >= 15 is 0 Å². The van der Waals surface area contributed by atoms with Crippen molar-refractivity contribution in [3.05, 3.63) is 136 Å². The van der Waals surface area contributed by atoms with Crippen molar-refractivity contribution in [2.45, 2.75) is 75.7 Å². The fraction of sp³-hybridized carbons (Fsp3) is 0.415. The molecular formula is C53H62N4O13. The third kappa shape index (κ3) is 11.4. The summed E-state index contributed by atoms with van der Waals surface area (Å²) < 4.78 is 36.6. The fourth-order valence-electron chi connectivity index (χ4n) is 10.1. The van der Waals surface area contributed by atoms with Gasteiger partial charge in [-0.3, -0.25) is 20.2 Å². The molecule has 1 heterocycles. The minimum absolute atomic E-state index is 0.00443. The second-order valence-electron chi connectivity index (χ2n) is 17.6. The molecule has 4 aromatic carbocycles. The quantitative estimate of drug-likeness (QED) is 0.0275. The van der Waals surface area contributed by atoms with Crippen molar-refractivity contribution in [3.63, 3.8) is 0 Å². The van der Waals surface area contributed by atoms with Gasteiger partial charge in [0.05, 0.1) is 56.6 Å². The largest absolute Gasteiger partial charge is 0.497 e. The number of carbonyl (C=O) groups excluding carboxylic acids is 2. The number of nitro benzene ring substituents is 1. The van der Waals surface area contributed by atoms with E-state index in [9.17, 15) is 29.9 Å². The van der Waals surface area contributed by atoms with Crippen LogP contribution in [-0.4, -0.2) is 97.8 Å². The number of non-ortho nitro benzene ring substituents is 1. The lowest BCUT2D eigenvalue weighted by Gasteiger charge is -2.59. The summed E-state index contributed by atoms with van der Waals surface area (Å²) in [6.07, 6.45) is 7.29. The van der Waals surface area contributed by atoms with Gasteiger partial charge in [0.15, 0.2) is 0 Å². The Kier molecular flexibility index (Phi) is 17.1. The van der Waals surface area contributed by atoms with Gasteiger partial charge in [-0.15, -0.1) is 6.58 Å². The van der Waals surface area contributed by atoms with E-state index in [0.29, 0.717) is 65.6 Å². The molecule has 372 valence electrons. The van der Waals surface area contributed by atoms with Gasteiger partial charge >= 0.3 is 6.09 Å². The van der Waals surface area contributed by atoms with Crippen LogP contribution in [0.5, 0.6) is 28.7 Å². The highest BCUT2D eigenvalue weighted by Crippen LogP contribution is 2.62. The SMILES string of the molecule is C=CCO[C@@]12Oc3ccc(OC(=O)Nc4ccc(OC)cc4OC)cc3[C@H]3[C@H](CCCCO)[C@@H](CCCCO)C=C(C(=NOCc4ccc([N+](=O)[O-])cc4)C[C@@H]1N(C)C(=O)Cc1cccc(OC)c1)[C@H]32. The maximum atomic E-state index is 14.7. The summed E-state index contributed by atoms with van der Waals surface area (Å²) in [6, 6.07) is 22.8. The summed E-state index contributed by atoms with van der Waals surface area (Å²) in [7, 11) is 6.32. The minimum atomic E-state index is -1.52. The van der Waals surface area contributed by atoms with Crippen LogP contribution in [0.2, 0.25) is 0 Å². The van der Waals surface area contributed by atoms with Gasteiger partial charge < -0.3 is 48.4 Å². The van der Waals surface area contributed by atoms with E-state index in [2.05, 4.69) is 18.0 Å². The molecule has 0 radical (unpaired) electrons. The van der Waals surface area contributed by atoms with E-state index in [1.165, 1.54) is 26.4 Å². The van der Waals surface area contributed by atoms with Crippen molar-refractivity contribution in [2.24, 2.45) is 22.9 Å². The number of likely N-dealkylation sites (N-methyl/N-ethyl adjacent to an activating group) is 1. The molecule has 0 saturated heterocycles. The molecule has 1 fully saturated rings. The van der Waals surface area contributed by atoms with Gasteiger partial charge in [0, 0.05) is 56.4 Å². The number of hydrogen-bond acceptors (Lipinski definition) is 14. The summed E-state index contributed by atoms with van der Waals surface area (Å²) in [6.45, 7) is 4.11. The van der Waals surface area contributed by atoms with Gasteiger partial charge in [0.1, 0.15) is 41.4 Å². The molecule has 0 spiro atoms. The standard InChI is InChI=1S/C53H62N4O13/c1-6-26-67-53-48(56(2)49(60)28-35-12-11-14-38(27-35)64-3)32-45(55-68-33-34-16-18-37(19-17-34)57(62)63)42-29-36(13-7-9-24-58)41(15-8-10-25-59)50(51(42)53)43-30-40(21-23-46(43)70-53)69-52(61)54-44-22-20-39(65-4)31-47(44)66-5/h6,11-12,14,16-23,27,29-31,36,41,48,50-51,58-59H,1,7-10,13,15,24-26,28,32-33H2,2-5H3,(H,54,61)/t36-,41+,48-,50+,51+,53+/m0/s1. The zero-order valence-electron chi connectivity index (χ0n) is 40.0. The molecule has 17 heteroatoms. The van der Waals surface area contributed by atoms with Crippen LogP contribution in [0.15, 0.2) is 114 Å². The molecule has 0 bridgehead atoms. The lowest BCUT2D eigenvalue weighted by atomic mass is 9.55. The number of benzene rings is 4. The van der Waals surface area contributed by atoms with Gasteiger partial charge in [-0.1, -0.05) is 42.3 Å². The molecule has 1 saturated carbocycles. The molecule has 70 heavy (non-hydrogen) atoms. The molecule has 2 aliphatic carbocycles. The van der Waals surface area contributed by atoms with E-state index in [4.69, 9.17) is 38.4 Å². The maximum Gasteiger partial charge on any atom is 0.417 e. The second kappa shape index (κ2) is 23.6. The highest BCUT2D eigenvalue weighted by molar-refractivity contribution is 6.03. The number of aliphatic hydroxyl groups is 2. The van der Waals surface area contributed by atoms with E-state index in [-0.39, 0.29) is 68.4 Å². The number of aliphatic hydroxyl groups excluding tert-OH is 2. The Morgan fingerprint density at radius 1 is 0.914 bits per heavy atom. The van der Waals surface area contributed by atoms with Gasteiger partial charge in [-0.05, 0) is 109 Å². The average molecular weight is 963 g/mol. The van der Waals surface area contributed by atoms with E-state index < -0.39 is 34.7 Å². The number of amides is 2. The molecule has 3 aliphatic rings. The molecule has 0 aromatic heterocycles. The molecule has 2 amide bonds. The van der Waals surface area contributed by atoms with E-state index in [0.717, 1.165) is 29.5 Å². The first kappa shape index (κ1) is 50.9. The van der Waals surface area contributed by atoms with Gasteiger partial charge in [0.2, 0.25) is 11.7 Å². The molecule has 3 N–H and O–H groups in total. The Bertz CT molecular complexity index is 2550. The summed E-state index contributed by atoms with van der Waals surface area (Å²) >= 11 is 0. The molecule has 7 rings (SSSR count). The second-order valence-corrected chi connectivity index (χ2v) is 17.6. The maximum absolute atomic E-state index is 14.7. The van der Waals surface area contributed by atoms with E-state index in [1.54, 1.807) is 67.6 Å². The van der Waals surface area contributed by atoms with E-state index in [1.807, 2.05) is 30.3 Å². The van der Waals surface area contributed by atoms with Crippen LogP contribution in [0.25, 0.3) is 0 Å². The topological polar surface area (TPSA) is 210 Å². The Hall–Kier alpha value is -6.95. The highest BCUT2D eigenvalue weighted by atomic mass is 16.7. The Morgan fingerprint density at radius 2 is 1.64 bits per heavy atom. The van der Waals surface area contributed by atoms with Gasteiger partial charge in [0.25, 0.3) is 5.69 Å². The number of oxime groups is 1. The minimum Gasteiger partial charge on any atom is -0.497 e. The Morgan fingerprint density at radius 3 is 2.34 bits per heavy atom. The highest BCUT2D eigenvalue weighted by Gasteiger charge is 2.65. The molecule has 4 aromatic rings. The lowest BCUT2D eigenvalue weighted by molar-refractivity contribution is -0.384. The van der Waals surface area contributed by atoms with Gasteiger partial charge in [-0.25, -0.2) is 4.79 Å². The van der Waals surface area contributed by atoms with Crippen molar-refractivity contribution >= 4 is 29.1 Å². The number of hydrogen-bond donors (Lipinski definition) is 3. The number of unbranched alkanes of at least 4 members (excludes halogenated alkanes) is 2. The lowest BCUT2D eigenvalue weighted by Crippen LogP contribution is -2.69. The first-order chi connectivity index (χ1) is 34.0. The third-order valence-corrected chi connectivity index (χ3v) is 13.4. The zero-order chi connectivity index (χ0) is 49.8. The van der Waals surface area contributed by atoms with Crippen molar-refractivity contribution < 1.29 is 58.0 Å². The molecule has 6 atom stereocenters. The van der Waals surface area contributed by atoms with Crippen LogP contribution >= 0.6 is 0 Å². The van der Waals surface area contributed by atoms with Crippen LogP contribution in [0, 0.1) is 27.9 Å². The van der Waals surface area contributed by atoms with Crippen LogP contribution < -0.4 is 29.0 Å². The number of nitrogens with zero attached hydrogens (tertiary/aromatic N) is 3. The monoisotopic (exact) mass is 962 g/mol. The van der Waals surface area contributed by atoms with Crippen LogP contribution in [0.1, 0.15) is 67.6 Å². The van der Waals surface area contributed by atoms with Crippen molar-refractivity contribution in [2.75, 3.05) is 53.5 Å². The first-order valence-corrected chi connectivity index (χ1v) is 23.5. The molecule has 1 aliphatic heterocycles. The van der Waals surface area contributed by atoms with Crippen LogP contribution in [-0.2, 0) is 27.4 Å². The Balaban J connectivity index is 1.36. The zero-order valence-corrected chi connectivity index (χ0v) is 40.0. The molecule has 17 nitrogen and oxygen atoms in total. The van der Waals surface area contributed by atoms with Crippen molar-refractivity contribution in [1.29, 1.82) is 0 Å². The molecule has 0 unspecified atom stereocenters. The Labute approximate surface area is 407 Å². The number of carbonyl (C=O) groups is 2. The molecular weight excluding hydrogens is 901 g/mol. The van der Waals surface area contributed by atoms with Crippen molar-refractivity contribution in [1.82, 2.24) is 4.90 Å². The first-order valence-electron chi connectivity index (χ1n) is 23.5.